The number of aryl methyl sites for hydroxylation is 2. The molecule has 3 aromatic rings. The van der Waals surface area contributed by atoms with Crippen molar-refractivity contribution in [3.8, 4) is 5.69 Å². The third-order valence-electron chi connectivity index (χ3n) is 5.88. The number of hydrogen-bond donors (Lipinski definition) is 1. The minimum atomic E-state index is -0.0604. The minimum Gasteiger partial charge on any atom is -0.349 e. The van der Waals surface area contributed by atoms with Gasteiger partial charge in [-0.25, -0.2) is 4.79 Å². The standard InChI is InChI=1S/C24H27ClN4O2/c1-17-5-3-4-6-22(17)23(30)26-20-11-13-27(14-12-20)16-28-15-18(2)29(24(28)31)21-9-7-19(25)8-10-21/h3-10,15,20H,11-14,16H2,1-2H3,(H,26,30). The number of carbonyl (C=O) groups is 1. The summed E-state index contributed by atoms with van der Waals surface area (Å²) in [6, 6.07) is 15.1. The van der Waals surface area contributed by atoms with Gasteiger partial charge in [0.2, 0.25) is 0 Å². The lowest BCUT2D eigenvalue weighted by Gasteiger charge is -2.32. The molecule has 1 aromatic heterocycles. The van der Waals surface area contributed by atoms with Crippen LogP contribution >= 0.6 is 11.6 Å². The van der Waals surface area contributed by atoms with E-state index in [9.17, 15) is 9.59 Å². The molecule has 1 N–H and O–H groups in total. The first kappa shape index (κ1) is 21.4. The van der Waals surface area contributed by atoms with E-state index >= 15 is 0 Å². The number of amides is 1. The normalized spacial score (nSPS) is 15.2. The van der Waals surface area contributed by atoms with Gasteiger partial charge in [0, 0.05) is 41.6 Å². The molecule has 0 radical (unpaired) electrons. The second kappa shape index (κ2) is 9.12. The van der Waals surface area contributed by atoms with Crippen molar-refractivity contribution in [3.63, 3.8) is 0 Å². The van der Waals surface area contributed by atoms with E-state index in [4.69, 9.17) is 11.6 Å². The molecule has 0 spiro atoms. The van der Waals surface area contributed by atoms with Crippen LogP contribution in [0.2, 0.25) is 5.02 Å². The van der Waals surface area contributed by atoms with Crippen molar-refractivity contribution in [2.24, 2.45) is 0 Å². The van der Waals surface area contributed by atoms with Crippen LogP contribution in [0.3, 0.4) is 0 Å². The van der Waals surface area contributed by atoms with Gasteiger partial charge in [0.1, 0.15) is 0 Å². The van der Waals surface area contributed by atoms with Crippen LogP contribution in [0.1, 0.15) is 34.5 Å². The number of hydrogen-bond acceptors (Lipinski definition) is 3. The molecule has 0 bridgehead atoms. The number of imidazole rings is 1. The molecule has 1 fully saturated rings. The quantitative estimate of drug-likeness (QED) is 0.659. The van der Waals surface area contributed by atoms with Crippen molar-refractivity contribution in [2.45, 2.75) is 39.4 Å². The number of piperidine rings is 1. The summed E-state index contributed by atoms with van der Waals surface area (Å²) in [4.78, 5) is 27.8. The van der Waals surface area contributed by atoms with E-state index in [0.29, 0.717) is 11.7 Å². The lowest BCUT2D eigenvalue weighted by molar-refractivity contribution is 0.0898. The Kier molecular flexibility index (Phi) is 6.30. The highest BCUT2D eigenvalue weighted by Crippen LogP contribution is 2.16. The van der Waals surface area contributed by atoms with Crippen molar-refractivity contribution >= 4 is 17.5 Å². The molecular formula is C24H27ClN4O2. The van der Waals surface area contributed by atoms with Crippen LogP contribution in [0.25, 0.3) is 5.69 Å². The van der Waals surface area contributed by atoms with Gasteiger partial charge < -0.3 is 5.32 Å². The highest BCUT2D eigenvalue weighted by atomic mass is 35.5. The summed E-state index contributed by atoms with van der Waals surface area (Å²) < 4.78 is 3.45. The summed E-state index contributed by atoms with van der Waals surface area (Å²) in [6.07, 6.45) is 3.62. The Hall–Kier alpha value is -2.83. The summed E-state index contributed by atoms with van der Waals surface area (Å²) in [5.41, 5.74) is 3.35. The number of likely N-dealkylation sites (tertiary alicyclic amines) is 1. The van der Waals surface area contributed by atoms with Crippen molar-refractivity contribution in [1.29, 1.82) is 0 Å². The molecule has 0 aliphatic carbocycles. The number of carbonyl (C=O) groups excluding carboxylic acids is 1. The van der Waals surface area contributed by atoms with Gasteiger partial charge in [0.15, 0.2) is 0 Å². The minimum absolute atomic E-state index is 0.0107. The molecule has 0 unspecified atom stereocenters. The molecule has 1 amide bonds. The molecule has 1 saturated heterocycles. The van der Waals surface area contributed by atoms with Gasteiger partial charge in [0.25, 0.3) is 5.91 Å². The molecular weight excluding hydrogens is 412 g/mol. The fourth-order valence-corrected chi connectivity index (χ4v) is 4.27. The molecule has 6 nitrogen and oxygen atoms in total. The molecule has 0 atom stereocenters. The highest BCUT2D eigenvalue weighted by molar-refractivity contribution is 6.30. The zero-order valence-electron chi connectivity index (χ0n) is 17.8. The first-order chi connectivity index (χ1) is 14.9. The van der Waals surface area contributed by atoms with Crippen LogP contribution in [-0.2, 0) is 6.67 Å². The molecule has 162 valence electrons. The zero-order valence-corrected chi connectivity index (χ0v) is 18.6. The van der Waals surface area contributed by atoms with Crippen LogP contribution in [-0.4, -0.2) is 39.1 Å². The molecule has 1 aliphatic rings. The summed E-state index contributed by atoms with van der Waals surface area (Å²) in [7, 11) is 0. The summed E-state index contributed by atoms with van der Waals surface area (Å²) in [6.45, 7) is 6.08. The topological polar surface area (TPSA) is 59.3 Å². The van der Waals surface area contributed by atoms with Gasteiger partial charge >= 0.3 is 5.69 Å². The number of benzene rings is 2. The van der Waals surface area contributed by atoms with Gasteiger partial charge in [0.05, 0.1) is 12.4 Å². The number of nitrogens with one attached hydrogen (secondary N) is 1. The molecule has 4 rings (SSSR count). The van der Waals surface area contributed by atoms with E-state index in [2.05, 4.69) is 10.2 Å². The van der Waals surface area contributed by atoms with E-state index in [-0.39, 0.29) is 17.6 Å². The third kappa shape index (κ3) is 4.75. The first-order valence-corrected chi connectivity index (χ1v) is 10.9. The lowest BCUT2D eigenvalue weighted by Crippen LogP contribution is -2.45. The largest absolute Gasteiger partial charge is 0.349 e. The maximum absolute atomic E-state index is 13.0. The summed E-state index contributed by atoms with van der Waals surface area (Å²) >= 11 is 5.97. The van der Waals surface area contributed by atoms with E-state index in [1.807, 2.05) is 56.4 Å². The van der Waals surface area contributed by atoms with Crippen molar-refractivity contribution in [1.82, 2.24) is 19.4 Å². The Labute approximate surface area is 187 Å². The molecule has 2 aromatic carbocycles. The van der Waals surface area contributed by atoms with Crippen molar-refractivity contribution in [3.05, 3.63) is 87.1 Å². The van der Waals surface area contributed by atoms with E-state index in [0.717, 1.165) is 48.4 Å². The lowest BCUT2D eigenvalue weighted by atomic mass is 10.0. The van der Waals surface area contributed by atoms with Crippen LogP contribution in [0.5, 0.6) is 0 Å². The predicted molar refractivity (Wildman–Crippen MR) is 123 cm³/mol. The molecule has 0 saturated carbocycles. The summed E-state index contributed by atoms with van der Waals surface area (Å²) in [5, 5.41) is 3.81. The Bertz CT molecular complexity index is 1130. The van der Waals surface area contributed by atoms with Crippen LogP contribution < -0.4 is 11.0 Å². The molecule has 1 aliphatic heterocycles. The van der Waals surface area contributed by atoms with Gasteiger partial charge in [-0.15, -0.1) is 0 Å². The SMILES string of the molecule is Cc1ccccc1C(=O)NC1CCN(Cn2cc(C)n(-c3ccc(Cl)cc3)c2=O)CC1. The number of aromatic nitrogens is 2. The monoisotopic (exact) mass is 438 g/mol. The molecule has 31 heavy (non-hydrogen) atoms. The van der Waals surface area contributed by atoms with Crippen LogP contribution in [0.4, 0.5) is 0 Å². The van der Waals surface area contributed by atoms with Crippen molar-refractivity contribution < 1.29 is 4.79 Å². The van der Waals surface area contributed by atoms with Gasteiger partial charge in [-0.3, -0.25) is 18.8 Å². The van der Waals surface area contributed by atoms with E-state index < -0.39 is 0 Å². The summed E-state index contributed by atoms with van der Waals surface area (Å²) in [5.74, 6) is -0.0107. The van der Waals surface area contributed by atoms with Crippen LogP contribution in [0, 0.1) is 13.8 Å². The Balaban J connectivity index is 1.37. The number of nitrogens with zero attached hydrogens (tertiary/aromatic N) is 3. The second-order valence-electron chi connectivity index (χ2n) is 8.16. The van der Waals surface area contributed by atoms with Gasteiger partial charge in [-0.1, -0.05) is 29.8 Å². The predicted octanol–water partition coefficient (Wildman–Crippen LogP) is 3.76. The number of halogens is 1. The fraction of sp³-hybridized carbons (Fsp3) is 0.333. The zero-order chi connectivity index (χ0) is 22.0. The Morgan fingerprint density at radius 3 is 2.42 bits per heavy atom. The molecule has 7 heteroatoms. The second-order valence-corrected chi connectivity index (χ2v) is 8.59. The van der Waals surface area contributed by atoms with Crippen LogP contribution in [0.15, 0.2) is 59.5 Å². The number of rotatable bonds is 5. The molecule has 2 heterocycles. The smallest absolute Gasteiger partial charge is 0.334 e. The highest BCUT2D eigenvalue weighted by Gasteiger charge is 2.22. The first-order valence-electron chi connectivity index (χ1n) is 10.6. The Morgan fingerprint density at radius 2 is 1.74 bits per heavy atom. The average molecular weight is 439 g/mol. The van der Waals surface area contributed by atoms with Gasteiger partial charge in [-0.2, -0.15) is 0 Å². The van der Waals surface area contributed by atoms with E-state index in [1.165, 1.54) is 0 Å². The van der Waals surface area contributed by atoms with Gasteiger partial charge in [-0.05, 0) is 62.6 Å². The maximum atomic E-state index is 13.0. The van der Waals surface area contributed by atoms with E-state index in [1.54, 1.807) is 21.3 Å². The van der Waals surface area contributed by atoms with Crippen molar-refractivity contribution in [2.75, 3.05) is 13.1 Å². The Morgan fingerprint density at radius 1 is 1.06 bits per heavy atom. The maximum Gasteiger partial charge on any atom is 0.334 e. The fourth-order valence-electron chi connectivity index (χ4n) is 4.15. The average Bonchev–Trinajstić information content (AvgIpc) is 3.03. The third-order valence-corrected chi connectivity index (χ3v) is 6.13.